The Balaban J connectivity index is 2.09. The van der Waals surface area contributed by atoms with E-state index in [9.17, 15) is 4.79 Å². The lowest BCUT2D eigenvalue weighted by atomic mass is 10.2. The Hall–Kier alpha value is -3.57. The van der Waals surface area contributed by atoms with Crippen LogP contribution in [-0.2, 0) is 4.79 Å². The highest BCUT2D eigenvalue weighted by Crippen LogP contribution is 2.11. The molecule has 0 saturated heterocycles. The highest BCUT2D eigenvalue weighted by molar-refractivity contribution is 6.06. The molecule has 5 heteroatoms. The molecule has 0 atom stereocenters. The number of carbonyl (C=O) groups is 1. The molecule has 0 aliphatic heterocycles. The van der Waals surface area contributed by atoms with Gasteiger partial charge in [0.25, 0.3) is 5.91 Å². The number of nitrogens with zero attached hydrogens (tertiary/aromatic N) is 2. The van der Waals surface area contributed by atoms with Crippen molar-refractivity contribution in [2.75, 3.05) is 10.6 Å². The lowest BCUT2D eigenvalue weighted by Gasteiger charge is -2.05. The van der Waals surface area contributed by atoms with Crippen LogP contribution < -0.4 is 10.6 Å². The first-order valence-corrected chi connectivity index (χ1v) is 6.46. The van der Waals surface area contributed by atoms with Crippen molar-refractivity contribution >= 4 is 17.3 Å². The number of benzene rings is 2. The number of para-hydroxylation sites is 1. The van der Waals surface area contributed by atoms with Crippen LogP contribution in [-0.4, -0.2) is 5.91 Å². The van der Waals surface area contributed by atoms with Crippen LogP contribution in [0.3, 0.4) is 0 Å². The second kappa shape index (κ2) is 7.28. The SMILES string of the molecule is N#C/C(=C\Nc1cccc(C#N)c1)C(=O)Nc1ccccc1. The van der Waals surface area contributed by atoms with Crippen LogP contribution in [0.15, 0.2) is 66.4 Å². The van der Waals surface area contributed by atoms with Gasteiger partial charge in [-0.1, -0.05) is 24.3 Å². The molecular formula is C17H12N4O. The molecule has 2 aromatic rings. The number of hydrogen-bond acceptors (Lipinski definition) is 4. The number of carbonyl (C=O) groups excluding carboxylic acids is 1. The minimum Gasteiger partial charge on any atom is -0.360 e. The van der Waals surface area contributed by atoms with Crippen LogP contribution in [0.1, 0.15) is 5.56 Å². The summed E-state index contributed by atoms with van der Waals surface area (Å²) < 4.78 is 0. The predicted octanol–water partition coefficient (Wildman–Crippen LogP) is 3.02. The van der Waals surface area contributed by atoms with Crippen LogP contribution in [0.4, 0.5) is 11.4 Å². The lowest BCUT2D eigenvalue weighted by Crippen LogP contribution is -2.14. The van der Waals surface area contributed by atoms with E-state index in [0.29, 0.717) is 16.9 Å². The Morgan fingerprint density at radius 3 is 2.41 bits per heavy atom. The van der Waals surface area contributed by atoms with Gasteiger partial charge < -0.3 is 10.6 Å². The monoisotopic (exact) mass is 288 g/mol. The third-order valence-electron chi connectivity index (χ3n) is 2.77. The zero-order valence-corrected chi connectivity index (χ0v) is 11.6. The number of hydrogen-bond donors (Lipinski definition) is 2. The first-order chi connectivity index (χ1) is 10.7. The molecule has 2 N–H and O–H groups in total. The van der Waals surface area contributed by atoms with Crippen LogP contribution >= 0.6 is 0 Å². The summed E-state index contributed by atoms with van der Waals surface area (Å²) in [7, 11) is 0. The summed E-state index contributed by atoms with van der Waals surface area (Å²) in [6.07, 6.45) is 1.31. The predicted molar refractivity (Wildman–Crippen MR) is 83.5 cm³/mol. The molecule has 106 valence electrons. The van der Waals surface area contributed by atoms with Gasteiger partial charge in [0, 0.05) is 17.6 Å². The number of nitrogens with one attached hydrogen (secondary N) is 2. The number of amides is 1. The van der Waals surface area contributed by atoms with Crippen molar-refractivity contribution in [1.82, 2.24) is 0 Å². The Labute approximate surface area is 128 Å². The van der Waals surface area contributed by atoms with Crippen molar-refractivity contribution in [3.63, 3.8) is 0 Å². The van der Waals surface area contributed by atoms with Gasteiger partial charge in [0.15, 0.2) is 0 Å². The summed E-state index contributed by atoms with van der Waals surface area (Å²) in [5.41, 5.74) is 1.66. The molecule has 2 aromatic carbocycles. The molecule has 22 heavy (non-hydrogen) atoms. The fourth-order valence-electron chi connectivity index (χ4n) is 1.70. The van der Waals surface area contributed by atoms with Crippen LogP contribution in [0.5, 0.6) is 0 Å². The number of nitriles is 2. The highest BCUT2D eigenvalue weighted by Gasteiger charge is 2.08. The standard InChI is InChI=1S/C17H12N4O/c18-10-13-5-4-8-16(9-13)20-12-14(11-19)17(22)21-15-6-2-1-3-7-15/h1-9,12,20H,(H,21,22)/b14-12+. The van der Waals surface area contributed by atoms with Gasteiger partial charge in [0.05, 0.1) is 11.6 Å². The zero-order chi connectivity index (χ0) is 15.8. The van der Waals surface area contributed by atoms with E-state index < -0.39 is 5.91 Å². The van der Waals surface area contributed by atoms with Gasteiger partial charge in [-0.2, -0.15) is 10.5 Å². The summed E-state index contributed by atoms with van der Waals surface area (Å²) in [6, 6.07) is 19.5. The average molecular weight is 288 g/mol. The van der Waals surface area contributed by atoms with E-state index in [0.717, 1.165) is 0 Å². The summed E-state index contributed by atoms with van der Waals surface area (Å²) in [5.74, 6) is -0.502. The van der Waals surface area contributed by atoms with Gasteiger partial charge in [0.1, 0.15) is 11.6 Å². The van der Waals surface area contributed by atoms with E-state index in [1.54, 1.807) is 48.5 Å². The zero-order valence-electron chi connectivity index (χ0n) is 11.6. The smallest absolute Gasteiger partial charge is 0.267 e. The Morgan fingerprint density at radius 2 is 1.73 bits per heavy atom. The molecule has 0 radical (unpaired) electrons. The molecule has 0 fully saturated rings. The van der Waals surface area contributed by atoms with Crippen molar-refractivity contribution in [3.8, 4) is 12.1 Å². The molecule has 2 rings (SSSR count). The van der Waals surface area contributed by atoms with Gasteiger partial charge >= 0.3 is 0 Å². The summed E-state index contributed by atoms with van der Waals surface area (Å²) in [6.45, 7) is 0. The van der Waals surface area contributed by atoms with E-state index in [2.05, 4.69) is 10.6 Å². The topological polar surface area (TPSA) is 88.7 Å². The largest absolute Gasteiger partial charge is 0.360 e. The quantitative estimate of drug-likeness (QED) is 0.668. The third kappa shape index (κ3) is 3.96. The molecule has 0 aromatic heterocycles. The molecule has 5 nitrogen and oxygen atoms in total. The van der Waals surface area contributed by atoms with E-state index in [1.165, 1.54) is 6.20 Å². The maximum Gasteiger partial charge on any atom is 0.267 e. The Kier molecular flexibility index (Phi) is 4.90. The average Bonchev–Trinajstić information content (AvgIpc) is 2.56. The molecule has 0 saturated carbocycles. The molecule has 0 spiro atoms. The molecule has 1 amide bonds. The van der Waals surface area contributed by atoms with E-state index in [4.69, 9.17) is 10.5 Å². The first-order valence-electron chi connectivity index (χ1n) is 6.46. The van der Waals surface area contributed by atoms with E-state index >= 15 is 0 Å². The van der Waals surface area contributed by atoms with E-state index in [-0.39, 0.29) is 5.57 Å². The van der Waals surface area contributed by atoms with Gasteiger partial charge in [-0.05, 0) is 30.3 Å². The summed E-state index contributed by atoms with van der Waals surface area (Å²) >= 11 is 0. The van der Waals surface area contributed by atoms with Crippen LogP contribution in [0.2, 0.25) is 0 Å². The second-order valence-electron chi connectivity index (χ2n) is 4.33. The minimum atomic E-state index is -0.502. The van der Waals surface area contributed by atoms with Crippen LogP contribution in [0, 0.1) is 22.7 Å². The maximum absolute atomic E-state index is 12.0. The summed E-state index contributed by atoms with van der Waals surface area (Å²) in [5, 5.41) is 23.4. The molecule has 0 bridgehead atoms. The van der Waals surface area contributed by atoms with Crippen molar-refractivity contribution in [3.05, 3.63) is 71.9 Å². The molecule has 0 heterocycles. The maximum atomic E-state index is 12.0. The summed E-state index contributed by atoms with van der Waals surface area (Å²) in [4.78, 5) is 12.0. The normalized spacial score (nSPS) is 10.2. The van der Waals surface area contributed by atoms with Gasteiger partial charge in [-0.25, -0.2) is 0 Å². The van der Waals surface area contributed by atoms with Gasteiger partial charge in [-0.15, -0.1) is 0 Å². The molecular weight excluding hydrogens is 276 g/mol. The molecule has 0 unspecified atom stereocenters. The van der Waals surface area contributed by atoms with Crippen molar-refractivity contribution in [2.45, 2.75) is 0 Å². The third-order valence-corrected chi connectivity index (χ3v) is 2.77. The minimum absolute atomic E-state index is 0.0637. The van der Waals surface area contributed by atoms with Crippen LogP contribution in [0.25, 0.3) is 0 Å². The molecule has 0 aliphatic carbocycles. The van der Waals surface area contributed by atoms with Crippen molar-refractivity contribution < 1.29 is 4.79 Å². The first kappa shape index (κ1) is 14.8. The highest BCUT2D eigenvalue weighted by atomic mass is 16.1. The number of anilines is 2. The fourth-order valence-corrected chi connectivity index (χ4v) is 1.70. The Morgan fingerprint density at radius 1 is 1.00 bits per heavy atom. The second-order valence-corrected chi connectivity index (χ2v) is 4.33. The fraction of sp³-hybridized carbons (Fsp3) is 0. The van der Waals surface area contributed by atoms with Crippen molar-refractivity contribution in [1.29, 1.82) is 10.5 Å². The van der Waals surface area contributed by atoms with Gasteiger partial charge in [0.2, 0.25) is 0 Å². The van der Waals surface area contributed by atoms with Crippen molar-refractivity contribution in [2.24, 2.45) is 0 Å². The lowest BCUT2D eigenvalue weighted by molar-refractivity contribution is -0.112. The van der Waals surface area contributed by atoms with Gasteiger partial charge in [-0.3, -0.25) is 4.79 Å². The molecule has 0 aliphatic rings. The number of rotatable bonds is 4. The Bertz CT molecular complexity index is 782. The van der Waals surface area contributed by atoms with E-state index in [1.807, 2.05) is 18.2 Å².